The lowest BCUT2D eigenvalue weighted by Gasteiger charge is -2.33. The summed E-state index contributed by atoms with van der Waals surface area (Å²) in [6, 6.07) is 3.89. The molecular weight excluding hydrogens is 293 g/mol. The second kappa shape index (κ2) is 5.66. The lowest BCUT2D eigenvalue weighted by atomic mass is 9.91. The van der Waals surface area contributed by atoms with Gasteiger partial charge in [0.2, 0.25) is 0 Å². The molecule has 3 rings (SSSR count). The largest absolute Gasteiger partial charge is 0.393 e. The Hall–Kier alpha value is -0.980. The van der Waals surface area contributed by atoms with Crippen LogP contribution in [0.15, 0.2) is 23.1 Å². The number of aliphatic hydroxyl groups is 1. The van der Waals surface area contributed by atoms with E-state index in [1.54, 1.807) is 0 Å². The molecule has 1 aliphatic carbocycles. The Morgan fingerprint density at radius 2 is 2.05 bits per heavy atom. The molecular formula is C15H20FNO3S. The van der Waals surface area contributed by atoms with Crippen LogP contribution in [-0.4, -0.2) is 31.4 Å². The highest BCUT2D eigenvalue weighted by atomic mass is 32.2. The Balaban J connectivity index is 1.86. The lowest BCUT2D eigenvalue weighted by molar-refractivity contribution is 0.108. The van der Waals surface area contributed by atoms with Crippen LogP contribution in [0.25, 0.3) is 0 Å². The van der Waals surface area contributed by atoms with E-state index in [0.29, 0.717) is 18.4 Å². The fourth-order valence-corrected chi connectivity index (χ4v) is 4.99. The molecule has 2 N–H and O–H groups in total. The standard InChI is InChI=1S/C15H20FNO3S/c16-10-4-5-15-13(8-10)14(6-7-21(15,19)20)17-11-2-1-3-12(18)9-11/h4-5,8,11-12,14,17-18H,1-3,6-7,9H2. The van der Waals surface area contributed by atoms with Gasteiger partial charge < -0.3 is 10.4 Å². The van der Waals surface area contributed by atoms with E-state index in [0.717, 1.165) is 19.3 Å². The third-order valence-corrected chi connectivity index (χ3v) is 6.26. The van der Waals surface area contributed by atoms with Gasteiger partial charge >= 0.3 is 0 Å². The maximum Gasteiger partial charge on any atom is 0.178 e. The van der Waals surface area contributed by atoms with Gasteiger partial charge in [-0.05, 0) is 55.9 Å². The first-order valence-electron chi connectivity index (χ1n) is 7.42. The topological polar surface area (TPSA) is 66.4 Å². The van der Waals surface area contributed by atoms with E-state index in [4.69, 9.17) is 0 Å². The van der Waals surface area contributed by atoms with Crippen molar-refractivity contribution in [3.05, 3.63) is 29.6 Å². The van der Waals surface area contributed by atoms with Crippen LogP contribution in [0.1, 0.15) is 43.7 Å². The summed E-state index contributed by atoms with van der Waals surface area (Å²) >= 11 is 0. The van der Waals surface area contributed by atoms with Gasteiger partial charge in [-0.25, -0.2) is 12.8 Å². The molecule has 0 bridgehead atoms. The fourth-order valence-electron chi connectivity index (χ4n) is 3.39. The third kappa shape index (κ3) is 3.12. The van der Waals surface area contributed by atoms with Crippen molar-refractivity contribution >= 4 is 9.84 Å². The van der Waals surface area contributed by atoms with E-state index in [9.17, 15) is 17.9 Å². The molecule has 0 aromatic heterocycles. The molecule has 2 aliphatic rings. The van der Waals surface area contributed by atoms with Gasteiger partial charge in [0.15, 0.2) is 9.84 Å². The number of benzene rings is 1. The van der Waals surface area contributed by atoms with Gasteiger partial charge in [-0.2, -0.15) is 0 Å². The lowest BCUT2D eigenvalue weighted by Crippen LogP contribution is -2.40. The summed E-state index contributed by atoms with van der Waals surface area (Å²) in [7, 11) is -3.30. The Kier molecular flexibility index (Phi) is 4.03. The number of nitrogens with one attached hydrogen (secondary N) is 1. The summed E-state index contributed by atoms with van der Waals surface area (Å²) in [6.45, 7) is 0. The summed E-state index contributed by atoms with van der Waals surface area (Å²) in [6.07, 6.45) is 3.57. The highest BCUT2D eigenvalue weighted by Crippen LogP contribution is 2.34. The summed E-state index contributed by atoms with van der Waals surface area (Å²) in [5.41, 5.74) is 0.529. The minimum Gasteiger partial charge on any atom is -0.393 e. The van der Waals surface area contributed by atoms with Gasteiger partial charge in [0, 0.05) is 12.1 Å². The van der Waals surface area contributed by atoms with Crippen molar-refractivity contribution in [1.82, 2.24) is 5.32 Å². The molecule has 1 saturated carbocycles. The van der Waals surface area contributed by atoms with E-state index < -0.39 is 15.7 Å². The van der Waals surface area contributed by atoms with E-state index in [-0.39, 0.29) is 28.8 Å². The molecule has 0 spiro atoms. The van der Waals surface area contributed by atoms with Crippen molar-refractivity contribution in [3.63, 3.8) is 0 Å². The van der Waals surface area contributed by atoms with Crippen molar-refractivity contribution in [2.45, 2.75) is 55.2 Å². The van der Waals surface area contributed by atoms with Gasteiger partial charge in [0.05, 0.1) is 16.8 Å². The van der Waals surface area contributed by atoms with Crippen LogP contribution in [0, 0.1) is 5.82 Å². The Bertz CT molecular complexity index is 632. The van der Waals surface area contributed by atoms with Gasteiger partial charge in [-0.1, -0.05) is 0 Å². The number of aliphatic hydroxyl groups excluding tert-OH is 1. The molecule has 3 unspecified atom stereocenters. The molecule has 0 amide bonds. The van der Waals surface area contributed by atoms with Crippen LogP contribution < -0.4 is 5.32 Å². The Labute approximate surface area is 124 Å². The van der Waals surface area contributed by atoms with Crippen LogP contribution in [0.4, 0.5) is 4.39 Å². The van der Waals surface area contributed by atoms with E-state index in [1.807, 2.05) is 0 Å². The van der Waals surface area contributed by atoms with E-state index in [2.05, 4.69) is 5.32 Å². The zero-order valence-electron chi connectivity index (χ0n) is 11.8. The van der Waals surface area contributed by atoms with Crippen LogP contribution in [0.2, 0.25) is 0 Å². The Morgan fingerprint density at radius 3 is 2.81 bits per heavy atom. The van der Waals surface area contributed by atoms with Gasteiger partial charge in [0.1, 0.15) is 5.82 Å². The van der Waals surface area contributed by atoms with Gasteiger partial charge in [0.25, 0.3) is 0 Å². The zero-order valence-corrected chi connectivity index (χ0v) is 12.6. The van der Waals surface area contributed by atoms with Crippen LogP contribution in [0.3, 0.4) is 0 Å². The predicted octanol–water partition coefficient (Wildman–Crippen LogP) is 1.94. The number of fused-ring (bicyclic) bond motifs is 1. The minimum atomic E-state index is -3.30. The molecule has 1 heterocycles. The Morgan fingerprint density at radius 1 is 1.24 bits per heavy atom. The summed E-state index contributed by atoms with van der Waals surface area (Å²) in [5, 5.41) is 13.2. The van der Waals surface area contributed by atoms with E-state index in [1.165, 1.54) is 18.2 Å². The number of halogens is 1. The SMILES string of the molecule is O=S1(=O)CCC(NC2CCCC(O)C2)c2cc(F)ccc21. The predicted molar refractivity (Wildman–Crippen MR) is 77.2 cm³/mol. The zero-order chi connectivity index (χ0) is 15.0. The first-order valence-corrected chi connectivity index (χ1v) is 9.07. The second-order valence-corrected chi connectivity index (χ2v) is 8.10. The van der Waals surface area contributed by atoms with Crippen LogP contribution in [0.5, 0.6) is 0 Å². The monoisotopic (exact) mass is 313 g/mol. The molecule has 1 aromatic carbocycles. The maximum atomic E-state index is 13.5. The quantitative estimate of drug-likeness (QED) is 0.819. The highest BCUT2D eigenvalue weighted by Gasteiger charge is 2.32. The molecule has 21 heavy (non-hydrogen) atoms. The molecule has 1 aliphatic heterocycles. The third-order valence-electron chi connectivity index (χ3n) is 4.44. The smallest absolute Gasteiger partial charge is 0.178 e. The average molecular weight is 313 g/mol. The second-order valence-electron chi connectivity index (χ2n) is 6.03. The van der Waals surface area contributed by atoms with Crippen molar-refractivity contribution in [2.24, 2.45) is 0 Å². The van der Waals surface area contributed by atoms with Crippen LogP contribution in [-0.2, 0) is 9.84 Å². The van der Waals surface area contributed by atoms with Gasteiger partial charge in [-0.3, -0.25) is 0 Å². The van der Waals surface area contributed by atoms with E-state index >= 15 is 0 Å². The molecule has 116 valence electrons. The van der Waals surface area contributed by atoms with Crippen LogP contribution >= 0.6 is 0 Å². The number of sulfone groups is 1. The molecule has 4 nitrogen and oxygen atoms in total. The first kappa shape index (κ1) is 14.9. The number of rotatable bonds is 2. The van der Waals surface area contributed by atoms with Crippen molar-refractivity contribution in [3.8, 4) is 0 Å². The summed E-state index contributed by atoms with van der Waals surface area (Å²) in [4.78, 5) is 0.240. The molecule has 1 fully saturated rings. The minimum absolute atomic E-state index is 0.0819. The van der Waals surface area contributed by atoms with Gasteiger partial charge in [-0.15, -0.1) is 0 Å². The number of hydrogen-bond acceptors (Lipinski definition) is 4. The fraction of sp³-hybridized carbons (Fsp3) is 0.600. The number of hydrogen-bond donors (Lipinski definition) is 2. The van der Waals surface area contributed by atoms with Crippen molar-refractivity contribution in [2.75, 3.05) is 5.75 Å². The van der Waals surface area contributed by atoms with Crippen molar-refractivity contribution < 1.29 is 17.9 Å². The molecule has 1 aromatic rings. The molecule has 3 atom stereocenters. The normalized spacial score (nSPS) is 31.6. The average Bonchev–Trinajstić information content (AvgIpc) is 2.42. The highest BCUT2D eigenvalue weighted by molar-refractivity contribution is 7.91. The summed E-state index contributed by atoms with van der Waals surface area (Å²) in [5.74, 6) is -0.334. The van der Waals surface area contributed by atoms with Crippen molar-refractivity contribution in [1.29, 1.82) is 0 Å². The molecule has 0 radical (unpaired) electrons. The first-order chi connectivity index (χ1) is 9.95. The summed E-state index contributed by atoms with van der Waals surface area (Å²) < 4.78 is 37.7. The molecule has 0 saturated heterocycles. The molecule has 6 heteroatoms. The maximum absolute atomic E-state index is 13.5.